The lowest BCUT2D eigenvalue weighted by molar-refractivity contribution is -0.131. The highest BCUT2D eigenvalue weighted by atomic mass is 16.2. The number of amides is 1. The SMILES string of the molecule is CCC(C)NC(=O)C(C)(C)CN1CCNCC1. The van der Waals surface area contributed by atoms with E-state index >= 15 is 0 Å². The number of carbonyl (C=O) groups excluding carboxylic acids is 1. The summed E-state index contributed by atoms with van der Waals surface area (Å²) in [5.41, 5.74) is -0.305. The smallest absolute Gasteiger partial charge is 0.227 e. The molecular formula is C13H27N3O. The van der Waals surface area contributed by atoms with Gasteiger partial charge in [-0.1, -0.05) is 6.92 Å². The molecule has 0 saturated carbocycles. The van der Waals surface area contributed by atoms with Crippen LogP contribution >= 0.6 is 0 Å². The normalized spacial score (nSPS) is 20.0. The Bertz CT molecular complexity index is 247. The summed E-state index contributed by atoms with van der Waals surface area (Å²) < 4.78 is 0. The first kappa shape index (κ1) is 14.5. The number of piperazine rings is 1. The van der Waals surface area contributed by atoms with Crippen molar-refractivity contribution in [3.8, 4) is 0 Å². The molecule has 0 aliphatic carbocycles. The Balaban J connectivity index is 2.45. The van der Waals surface area contributed by atoms with Gasteiger partial charge in [-0.2, -0.15) is 0 Å². The number of nitrogens with one attached hydrogen (secondary N) is 2. The van der Waals surface area contributed by atoms with E-state index in [4.69, 9.17) is 0 Å². The summed E-state index contributed by atoms with van der Waals surface area (Å²) in [7, 11) is 0. The molecule has 1 unspecified atom stereocenters. The van der Waals surface area contributed by atoms with Crippen LogP contribution in [0.5, 0.6) is 0 Å². The molecule has 1 fully saturated rings. The zero-order chi connectivity index (χ0) is 12.9. The molecule has 0 aromatic carbocycles. The second-order valence-corrected chi connectivity index (χ2v) is 5.69. The number of rotatable bonds is 5. The van der Waals surface area contributed by atoms with Crippen LogP contribution < -0.4 is 10.6 Å². The Morgan fingerprint density at radius 2 is 2.00 bits per heavy atom. The standard InChI is InChI=1S/C13H27N3O/c1-5-11(2)15-12(17)13(3,4)10-16-8-6-14-7-9-16/h11,14H,5-10H2,1-4H3,(H,15,17). The summed E-state index contributed by atoms with van der Waals surface area (Å²) >= 11 is 0. The van der Waals surface area contributed by atoms with Crippen LogP contribution in [-0.2, 0) is 4.79 Å². The summed E-state index contributed by atoms with van der Waals surface area (Å²) in [5, 5.41) is 6.41. The van der Waals surface area contributed by atoms with Gasteiger partial charge in [0, 0.05) is 38.8 Å². The fourth-order valence-electron chi connectivity index (χ4n) is 2.02. The number of hydrogen-bond acceptors (Lipinski definition) is 3. The molecular weight excluding hydrogens is 214 g/mol. The first-order valence-electron chi connectivity index (χ1n) is 6.69. The zero-order valence-corrected chi connectivity index (χ0v) is 11.7. The molecule has 100 valence electrons. The Morgan fingerprint density at radius 1 is 1.41 bits per heavy atom. The maximum absolute atomic E-state index is 12.2. The molecule has 1 saturated heterocycles. The summed E-state index contributed by atoms with van der Waals surface area (Å²) in [6, 6.07) is 0.268. The van der Waals surface area contributed by atoms with Gasteiger partial charge >= 0.3 is 0 Å². The molecule has 1 aliphatic heterocycles. The van der Waals surface area contributed by atoms with Gasteiger partial charge in [-0.05, 0) is 27.2 Å². The summed E-state index contributed by atoms with van der Waals surface area (Å²) in [6.07, 6.45) is 0.982. The van der Waals surface area contributed by atoms with Crippen LogP contribution in [-0.4, -0.2) is 49.6 Å². The van der Waals surface area contributed by atoms with Crippen molar-refractivity contribution in [2.45, 2.75) is 40.2 Å². The van der Waals surface area contributed by atoms with Crippen molar-refractivity contribution in [2.24, 2.45) is 5.41 Å². The molecule has 0 aromatic heterocycles. The van der Waals surface area contributed by atoms with Crippen molar-refractivity contribution in [2.75, 3.05) is 32.7 Å². The maximum Gasteiger partial charge on any atom is 0.227 e. The molecule has 4 nitrogen and oxygen atoms in total. The van der Waals surface area contributed by atoms with Gasteiger partial charge in [-0.3, -0.25) is 9.69 Å². The van der Waals surface area contributed by atoms with Crippen molar-refractivity contribution < 1.29 is 4.79 Å². The van der Waals surface area contributed by atoms with E-state index in [1.54, 1.807) is 0 Å². The fraction of sp³-hybridized carbons (Fsp3) is 0.923. The highest BCUT2D eigenvalue weighted by Gasteiger charge is 2.30. The molecule has 1 atom stereocenters. The minimum atomic E-state index is -0.305. The van der Waals surface area contributed by atoms with Gasteiger partial charge in [0.25, 0.3) is 0 Å². The number of nitrogens with zero attached hydrogens (tertiary/aromatic N) is 1. The highest BCUT2D eigenvalue weighted by molar-refractivity contribution is 5.82. The number of hydrogen-bond donors (Lipinski definition) is 2. The second kappa shape index (κ2) is 6.36. The van der Waals surface area contributed by atoms with Crippen LogP contribution in [0, 0.1) is 5.41 Å². The van der Waals surface area contributed by atoms with Crippen molar-refractivity contribution in [1.29, 1.82) is 0 Å². The maximum atomic E-state index is 12.2. The van der Waals surface area contributed by atoms with Gasteiger partial charge < -0.3 is 10.6 Å². The summed E-state index contributed by atoms with van der Waals surface area (Å²) in [4.78, 5) is 14.5. The average molecular weight is 241 g/mol. The molecule has 2 N–H and O–H groups in total. The molecule has 1 rings (SSSR count). The van der Waals surface area contributed by atoms with Crippen LogP contribution in [0.4, 0.5) is 0 Å². The van der Waals surface area contributed by atoms with Gasteiger partial charge in [0.1, 0.15) is 0 Å². The van der Waals surface area contributed by atoms with Crippen LogP contribution in [0.15, 0.2) is 0 Å². The lowest BCUT2D eigenvalue weighted by Crippen LogP contribution is -2.51. The van der Waals surface area contributed by atoms with E-state index in [1.165, 1.54) is 0 Å². The van der Waals surface area contributed by atoms with E-state index in [2.05, 4.69) is 29.4 Å². The quantitative estimate of drug-likeness (QED) is 0.749. The van der Waals surface area contributed by atoms with Gasteiger partial charge in [-0.15, -0.1) is 0 Å². The van der Waals surface area contributed by atoms with E-state index in [1.807, 2.05) is 13.8 Å². The third kappa shape index (κ3) is 4.64. The van der Waals surface area contributed by atoms with Gasteiger partial charge in [0.05, 0.1) is 5.41 Å². The predicted molar refractivity (Wildman–Crippen MR) is 71.0 cm³/mol. The van der Waals surface area contributed by atoms with E-state index in [-0.39, 0.29) is 17.4 Å². The van der Waals surface area contributed by atoms with Crippen LogP contribution in [0.25, 0.3) is 0 Å². The molecule has 1 heterocycles. The molecule has 0 spiro atoms. The third-order valence-corrected chi connectivity index (χ3v) is 3.43. The Morgan fingerprint density at radius 3 is 2.53 bits per heavy atom. The Labute approximate surface area is 105 Å². The molecule has 1 amide bonds. The van der Waals surface area contributed by atoms with Crippen molar-refractivity contribution in [1.82, 2.24) is 15.5 Å². The van der Waals surface area contributed by atoms with Gasteiger partial charge in [-0.25, -0.2) is 0 Å². The summed E-state index contributed by atoms with van der Waals surface area (Å²) in [6.45, 7) is 13.2. The first-order valence-corrected chi connectivity index (χ1v) is 6.69. The van der Waals surface area contributed by atoms with Crippen LogP contribution in [0.3, 0.4) is 0 Å². The van der Waals surface area contributed by atoms with E-state index in [0.717, 1.165) is 39.1 Å². The lowest BCUT2D eigenvalue weighted by Gasteiger charge is -2.34. The first-order chi connectivity index (χ1) is 7.95. The van der Waals surface area contributed by atoms with Gasteiger partial charge in [0.15, 0.2) is 0 Å². The average Bonchev–Trinajstić information content (AvgIpc) is 2.29. The van der Waals surface area contributed by atoms with E-state index in [9.17, 15) is 4.79 Å². The molecule has 17 heavy (non-hydrogen) atoms. The monoisotopic (exact) mass is 241 g/mol. The number of carbonyl (C=O) groups is 1. The minimum Gasteiger partial charge on any atom is -0.353 e. The van der Waals surface area contributed by atoms with Crippen LogP contribution in [0.1, 0.15) is 34.1 Å². The Hall–Kier alpha value is -0.610. The van der Waals surface area contributed by atoms with Gasteiger partial charge in [0.2, 0.25) is 5.91 Å². The zero-order valence-electron chi connectivity index (χ0n) is 11.7. The van der Waals surface area contributed by atoms with Crippen molar-refractivity contribution >= 4 is 5.91 Å². The predicted octanol–water partition coefficient (Wildman–Crippen LogP) is 0.833. The van der Waals surface area contributed by atoms with E-state index < -0.39 is 0 Å². The second-order valence-electron chi connectivity index (χ2n) is 5.69. The molecule has 4 heteroatoms. The molecule has 0 aromatic rings. The molecule has 0 bridgehead atoms. The largest absolute Gasteiger partial charge is 0.353 e. The topological polar surface area (TPSA) is 44.4 Å². The highest BCUT2D eigenvalue weighted by Crippen LogP contribution is 2.18. The van der Waals surface area contributed by atoms with Crippen molar-refractivity contribution in [3.63, 3.8) is 0 Å². The molecule has 0 radical (unpaired) electrons. The third-order valence-electron chi connectivity index (χ3n) is 3.43. The van der Waals surface area contributed by atoms with E-state index in [0.29, 0.717) is 0 Å². The summed E-state index contributed by atoms with van der Waals surface area (Å²) in [5.74, 6) is 0.172. The lowest BCUT2D eigenvalue weighted by atomic mass is 9.90. The van der Waals surface area contributed by atoms with Crippen molar-refractivity contribution in [3.05, 3.63) is 0 Å². The minimum absolute atomic E-state index is 0.172. The van der Waals surface area contributed by atoms with Crippen LogP contribution in [0.2, 0.25) is 0 Å². The fourth-order valence-corrected chi connectivity index (χ4v) is 2.02. The molecule has 1 aliphatic rings. The Kier molecular flexibility index (Phi) is 5.40.